The van der Waals surface area contributed by atoms with E-state index in [1.807, 2.05) is 13.8 Å². The number of nitrogens with zero attached hydrogens (tertiary/aromatic N) is 2. The Hall–Kier alpha value is -1.46. The van der Waals surface area contributed by atoms with Crippen LogP contribution in [-0.2, 0) is 4.33 Å². The zero-order valence-electron chi connectivity index (χ0n) is 13.8. The van der Waals surface area contributed by atoms with Crippen molar-refractivity contribution < 1.29 is 9.26 Å². The van der Waals surface area contributed by atoms with Crippen molar-refractivity contribution in [3.8, 4) is 17.1 Å². The molecule has 0 bridgehead atoms. The molecule has 2 aromatic carbocycles. The van der Waals surface area contributed by atoms with Gasteiger partial charge in [0.05, 0.1) is 21.7 Å². The van der Waals surface area contributed by atoms with Crippen molar-refractivity contribution in [2.24, 2.45) is 0 Å². The van der Waals surface area contributed by atoms with Gasteiger partial charge < -0.3 is 9.26 Å². The average Bonchev–Trinajstić information content (AvgIpc) is 3.05. The van der Waals surface area contributed by atoms with E-state index in [1.54, 1.807) is 42.5 Å². The molecule has 3 aromatic rings. The van der Waals surface area contributed by atoms with Gasteiger partial charge in [0.25, 0.3) is 5.89 Å². The summed E-state index contributed by atoms with van der Waals surface area (Å²) in [7, 11) is 0. The van der Waals surface area contributed by atoms with Gasteiger partial charge in [-0.05, 0) is 43.7 Å². The third kappa shape index (κ3) is 3.94. The van der Waals surface area contributed by atoms with E-state index in [-0.39, 0.29) is 17.8 Å². The summed E-state index contributed by atoms with van der Waals surface area (Å²) in [5, 5.41) is 4.70. The molecule has 1 heterocycles. The molecule has 0 aliphatic rings. The first kappa shape index (κ1) is 19.3. The quantitative estimate of drug-likeness (QED) is 0.432. The molecule has 136 valence electrons. The molecule has 0 N–H and O–H groups in total. The number of aromatic nitrogens is 2. The summed E-state index contributed by atoms with van der Waals surface area (Å²) in [6, 6.07) is 12.1. The SMILES string of the molecule is CC(C)Oc1ccc(C(Cl)(Cl)c2nc(-c3c(Cl)cccc3Cl)no2)cc1. The molecule has 0 unspecified atom stereocenters. The van der Waals surface area contributed by atoms with Gasteiger partial charge in [0, 0.05) is 0 Å². The fourth-order valence-electron chi connectivity index (χ4n) is 2.30. The first-order valence-corrected chi connectivity index (χ1v) is 9.24. The largest absolute Gasteiger partial charge is 0.491 e. The number of hydrogen-bond donors (Lipinski definition) is 0. The van der Waals surface area contributed by atoms with Crippen LogP contribution >= 0.6 is 46.4 Å². The molecule has 0 fully saturated rings. The van der Waals surface area contributed by atoms with Gasteiger partial charge in [-0.2, -0.15) is 4.98 Å². The van der Waals surface area contributed by atoms with Gasteiger partial charge in [0.2, 0.25) is 10.2 Å². The summed E-state index contributed by atoms with van der Waals surface area (Å²) < 4.78 is 9.35. The minimum atomic E-state index is -1.53. The van der Waals surface area contributed by atoms with Crippen LogP contribution in [0.15, 0.2) is 47.0 Å². The molecule has 0 radical (unpaired) electrons. The van der Waals surface area contributed by atoms with Crippen molar-refractivity contribution in [2.45, 2.75) is 24.3 Å². The van der Waals surface area contributed by atoms with Crippen LogP contribution in [0, 0.1) is 0 Å². The highest BCUT2D eigenvalue weighted by molar-refractivity contribution is 6.49. The lowest BCUT2D eigenvalue weighted by Gasteiger charge is -2.16. The third-order valence-electron chi connectivity index (χ3n) is 3.47. The van der Waals surface area contributed by atoms with Crippen molar-refractivity contribution in [2.75, 3.05) is 0 Å². The summed E-state index contributed by atoms with van der Waals surface area (Å²) in [6.07, 6.45) is 0.0662. The van der Waals surface area contributed by atoms with Gasteiger partial charge >= 0.3 is 0 Å². The fraction of sp³-hybridized carbons (Fsp3) is 0.222. The average molecular weight is 432 g/mol. The first-order chi connectivity index (χ1) is 12.3. The van der Waals surface area contributed by atoms with Crippen molar-refractivity contribution in [3.05, 3.63) is 64.0 Å². The molecule has 3 rings (SSSR count). The Morgan fingerprint density at radius 3 is 2.19 bits per heavy atom. The summed E-state index contributed by atoms with van der Waals surface area (Å²) >= 11 is 25.3. The molecule has 0 aliphatic heterocycles. The second-order valence-electron chi connectivity index (χ2n) is 5.79. The molecular weight excluding hydrogens is 418 g/mol. The number of rotatable bonds is 5. The summed E-state index contributed by atoms with van der Waals surface area (Å²) in [5.41, 5.74) is 1.02. The highest BCUT2D eigenvalue weighted by atomic mass is 35.5. The van der Waals surface area contributed by atoms with Crippen molar-refractivity contribution >= 4 is 46.4 Å². The second-order valence-corrected chi connectivity index (χ2v) is 7.93. The molecule has 0 amide bonds. The molecule has 4 nitrogen and oxygen atoms in total. The van der Waals surface area contributed by atoms with E-state index >= 15 is 0 Å². The molecule has 1 aromatic heterocycles. The smallest absolute Gasteiger partial charge is 0.268 e. The van der Waals surface area contributed by atoms with E-state index in [0.717, 1.165) is 0 Å². The van der Waals surface area contributed by atoms with E-state index < -0.39 is 4.33 Å². The van der Waals surface area contributed by atoms with Crippen LogP contribution in [0.5, 0.6) is 5.75 Å². The molecule has 0 atom stereocenters. The van der Waals surface area contributed by atoms with E-state index in [9.17, 15) is 0 Å². The molecule has 0 saturated heterocycles. The van der Waals surface area contributed by atoms with Crippen LogP contribution in [-0.4, -0.2) is 16.2 Å². The molecule has 0 aliphatic carbocycles. The summed E-state index contributed by atoms with van der Waals surface area (Å²) in [4.78, 5) is 4.28. The standard InChI is InChI=1S/C18H14Cl4N2O2/c1-10(2)25-12-8-6-11(7-9-12)18(21,22)17-23-16(24-26-17)15-13(19)4-3-5-14(15)20/h3-10H,1-2H3. The number of halogens is 4. The normalized spacial score (nSPS) is 11.8. The second kappa shape index (κ2) is 7.65. The Morgan fingerprint density at radius 2 is 1.62 bits per heavy atom. The van der Waals surface area contributed by atoms with E-state index in [0.29, 0.717) is 26.9 Å². The lowest BCUT2D eigenvalue weighted by molar-refractivity contribution is 0.242. The Labute approximate surface area is 171 Å². The van der Waals surface area contributed by atoms with Crippen LogP contribution in [0.2, 0.25) is 10.0 Å². The molecule has 8 heteroatoms. The lowest BCUT2D eigenvalue weighted by atomic mass is 10.1. The van der Waals surface area contributed by atoms with Crippen molar-refractivity contribution in [3.63, 3.8) is 0 Å². The van der Waals surface area contributed by atoms with Gasteiger partial charge in [-0.1, -0.05) is 69.8 Å². The zero-order valence-corrected chi connectivity index (χ0v) is 16.9. The number of benzene rings is 2. The summed E-state index contributed by atoms with van der Waals surface area (Å²) in [5.74, 6) is 0.937. The number of alkyl halides is 2. The van der Waals surface area contributed by atoms with Crippen LogP contribution in [0.4, 0.5) is 0 Å². The lowest BCUT2D eigenvalue weighted by Crippen LogP contribution is -2.13. The van der Waals surface area contributed by atoms with Gasteiger partial charge in [-0.25, -0.2) is 0 Å². The van der Waals surface area contributed by atoms with Gasteiger partial charge in [0.15, 0.2) is 0 Å². The van der Waals surface area contributed by atoms with E-state index in [1.165, 1.54) is 0 Å². The van der Waals surface area contributed by atoms with Crippen molar-refractivity contribution in [1.82, 2.24) is 10.1 Å². The Morgan fingerprint density at radius 1 is 1.00 bits per heavy atom. The Kier molecular flexibility index (Phi) is 5.68. The number of ether oxygens (including phenoxy) is 1. The van der Waals surface area contributed by atoms with E-state index in [4.69, 9.17) is 55.7 Å². The molecule has 26 heavy (non-hydrogen) atoms. The predicted molar refractivity (Wildman–Crippen MR) is 104 cm³/mol. The Balaban J connectivity index is 1.92. The van der Waals surface area contributed by atoms with Crippen molar-refractivity contribution in [1.29, 1.82) is 0 Å². The monoisotopic (exact) mass is 430 g/mol. The van der Waals surface area contributed by atoms with Crippen LogP contribution < -0.4 is 4.74 Å². The van der Waals surface area contributed by atoms with Crippen LogP contribution in [0.3, 0.4) is 0 Å². The molecule has 0 spiro atoms. The number of hydrogen-bond acceptors (Lipinski definition) is 4. The van der Waals surface area contributed by atoms with Gasteiger partial charge in [-0.15, -0.1) is 0 Å². The summed E-state index contributed by atoms with van der Waals surface area (Å²) in [6.45, 7) is 3.89. The van der Waals surface area contributed by atoms with Gasteiger partial charge in [-0.3, -0.25) is 0 Å². The molecule has 0 saturated carbocycles. The maximum atomic E-state index is 6.49. The topological polar surface area (TPSA) is 48.2 Å². The Bertz CT molecular complexity index is 888. The fourth-order valence-corrected chi connectivity index (χ4v) is 3.27. The van der Waals surface area contributed by atoms with Gasteiger partial charge in [0.1, 0.15) is 5.75 Å². The van der Waals surface area contributed by atoms with Crippen LogP contribution in [0.1, 0.15) is 25.3 Å². The highest BCUT2D eigenvalue weighted by Crippen LogP contribution is 2.42. The van der Waals surface area contributed by atoms with Crippen LogP contribution in [0.25, 0.3) is 11.4 Å². The third-order valence-corrected chi connectivity index (χ3v) is 4.86. The zero-order chi connectivity index (χ0) is 18.9. The molecular formula is C18H14Cl4N2O2. The predicted octanol–water partition coefficient (Wildman–Crippen LogP) is 6.51. The first-order valence-electron chi connectivity index (χ1n) is 7.72. The highest BCUT2D eigenvalue weighted by Gasteiger charge is 2.36. The van der Waals surface area contributed by atoms with E-state index in [2.05, 4.69) is 10.1 Å². The minimum absolute atomic E-state index is 0.0179. The maximum Gasteiger partial charge on any atom is 0.268 e. The maximum absolute atomic E-state index is 6.49. The minimum Gasteiger partial charge on any atom is -0.491 e.